The second-order valence-corrected chi connectivity index (χ2v) is 7.74. The molecule has 3 aromatic rings. The third kappa shape index (κ3) is 4.00. The number of H-pyrrole nitrogens is 1. The average molecular weight is 397 g/mol. The van der Waals surface area contributed by atoms with Crippen LogP contribution in [0.2, 0.25) is 0 Å². The highest BCUT2D eigenvalue weighted by Gasteiger charge is 2.24. The van der Waals surface area contributed by atoms with Gasteiger partial charge in [-0.3, -0.25) is 4.79 Å². The lowest BCUT2D eigenvalue weighted by Crippen LogP contribution is -2.24. The zero-order valence-electron chi connectivity index (χ0n) is 16.4. The largest absolute Gasteiger partial charge is 0.393 e. The van der Waals surface area contributed by atoms with Crippen molar-refractivity contribution in [3.63, 3.8) is 0 Å². The summed E-state index contributed by atoms with van der Waals surface area (Å²) >= 11 is 0. The van der Waals surface area contributed by atoms with E-state index in [0.29, 0.717) is 33.7 Å². The molecule has 1 fully saturated rings. The van der Waals surface area contributed by atoms with E-state index in [-0.39, 0.29) is 23.7 Å². The molecule has 0 amide bonds. The molecule has 1 saturated carbocycles. The molecule has 29 heavy (non-hydrogen) atoms. The van der Waals surface area contributed by atoms with Crippen LogP contribution in [0.5, 0.6) is 0 Å². The molecule has 9 heteroatoms. The number of nitrogens with one attached hydrogen (secondary N) is 3. The number of anilines is 3. The molecular formula is C20H25N6O3+. The third-order valence-electron chi connectivity index (χ3n) is 5.19. The van der Waals surface area contributed by atoms with Gasteiger partial charge in [0, 0.05) is 23.2 Å². The lowest BCUT2D eigenvalue weighted by atomic mass is 10.1. The number of rotatable bonds is 5. The van der Waals surface area contributed by atoms with Crippen LogP contribution in [-0.4, -0.2) is 31.8 Å². The fourth-order valence-corrected chi connectivity index (χ4v) is 3.75. The Bertz CT molecular complexity index is 1150. The predicted octanol–water partition coefficient (Wildman–Crippen LogP) is 2.29. The maximum absolute atomic E-state index is 13.1. The monoisotopic (exact) mass is 397 g/mol. The summed E-state index contributed by atoms with van der Waals surface area (Å²) in [5, 5.41) is 17.6. The summed E-state index contributed by atoms with van der Waals surface area (Å²) in [4.78, 5) is 32.2. The number of pyridine rings is 2. The van der Waals surface area contributed by atoms with Crippen molar-refractivity contribution in [2.24, 2.45) is 0 Å². The quantitative estimate of drug-likeness (QED) is 0.491. The molecule has 9 nitrogen and oxygen atoms in total. The van der Waals surface area contributed by atoms with Gasteiger partial charge in [-0.15, -0.1) is 0 Å². The third-order valence-corrected chi connectivity index (χ3v) is 5.19. The topological polar surface area (TPSA) is 118 Å². The number of nitrogens with zero attached hydrogens (tertiary/aromatic N) is 3. The van der Waals surface area contributed by atoms with E-state index in [9.17, 15) is 14.8 Å². The molecule has 4 rings (SSSR count). The van der Waals surface area contributed by atoms with Gasteiger partial charge >= 0.3 is 0 Å². The van der Waals surface area contributed by atoms with Crippen LogP contribution in [0, 0.1) is 4.91 Å². The Morgan fingerprint density at radius 2 is 2.21 bits per heavy atom. The van der Waals surface area contributed by atoms with E-state index in [1.54, 1.807) is 16.8 Å². The van der Waals surface area contributed by atoms with Gasteiger partial charge in [-0.25, -0.2) is 4.98 Å². The molecule has 1 aliphatic carbocycles. The molecule has 0 saturated heterocycles. The fourth-order valence-electron chi connectivity index (χ4n) is 3.75. The summed E-state index contributed by atoms with van der Waals surface area (Å²) in [6.07, 6.45) is 7.85. The number of aromatic nitrogens is 4. The van der Waals surface area contributed by atoms with E-state index in [1.807, 2.05) is 19.9 Å². The van der Waals surface area contributed by atoms with Crippen LogP contribution in [0.1, 0.15) is 39.2 Å². The lowest BCUT2D eigenvalue weighted by Gasteiger charge is -2.18. The molecule has 0 spiro atoms. The maximum Gasteiger partial charge on any atom is 0.268 e. The van der Waals surface area contributed by atoms with Crippen LogP contribution in [0.3, 0.4) is 0 Å². The Morgan fingerprint density at radius 1 is 1.38 bits per heavy atom. The minimum absolute atomic E-state index is 0.0253. The van der Waals surface area contributed by atoms with Gasteiger partial charge in [-0.05, 0) is 50.6 Å². The van der Waals surface area contributed by atoms with Gasteiger partial charge in [0.05, 0.1) is 22.1 Å². The predicted molar refractivity (Wildman–Crippen MR) is 111 cm³/mol. The Kier molecular flexibility index (Phi) is 5.06. The number of fused-ring (bicyclic) bond motifs is 1. The van der Waals surface area contributed by atoms with E-state index in [2.05, 4.69) is 20.6 Å². The first-order valence-electron chi connectivity index (χ1n) is 9.78. The summed E-state index contributed by atoms with van der Waals surface area (Å²) in [6.45, 7) is 3.92. The normalized spacial score (nSPS) is 19.0. The lowest BCUT2D eigenvalue weighted by molar-refractivity contribution is -0.494. The van der Waals surface area contributed by atoms with E-state index in [1.165, 1.54) is 18.6 Å². The summed E-state index contributed by atoms with van der Waals surface area (Å²) in [5.41, 5.74) is -0.110. The Labute approximate surface area is 167 Å². The molecule has 0 aromatic carbocycles. The molecule has 0 radical (unpaired) electrons. The van der Waals surface area contributed by atoms with Gasteiger partial charge in [0.1, 0.15) is 11.6 Å². The first kappa shape index (κ1) is 19.1. The van der Waals surface area contributed by atoms with Crippen molar-refractivity contribution in [2.45, 2.75) is 51.3 Å². The highest BCUT2D eigenvalue weighted by atomic mass is 16.3. The minimum Gasteiger partial charge on any atom is -0.393 e. The van der Waals surface area contributed by atoms with E-state index in [0.717, 1.165) is 18.2 Å². The highest BCUT2D eigenvalue weighted by molar-refractivity contribution is 5.93. The van der Waals surface area contributed by atoms with Crippen LogP contribution >= 0.6 is 0 Å². The summed E-state index contributed by atoms with van der Waals surface area (Å²) in [5.74, 6) is 1.46. The number of aromatic amines is 1. The van der Waals surface area contributed by atoms with E-state index < -0.39 is 0 Å². The number of aliphatic hydroxyl groups excluding tert-OH is 1. The molecule has 152 valence electrons. The van der Waals surface area contributed by atoms with Crippen LogP contribution < -0.4 is 20.6 Å². The Morgan fingerprint density at radius 3 is 2.90 bits per heavy atom. The molecule has 4 N–H and O–H groups in total. The number of hydrogen-bond donors (Lipinski definition) is 4. The molecule has 1 aliphatic rings. The van der Waals surface area contributed by atoms with Gasteiger partial charge in [0.15, 0.2) is 5.82 Å². The number of hydrogen-bond acceptors (Lipinski definition) is 6. The van der Waals surface area contributed by atoms with E-state index >= 15 is 0 Å². The van der Waals surface area contributed by atoms with Crippen LogP contribution in [0.15, 0.2) is 41.7 Å². The van der Waals surface area contributed by atoms with Crippen molar-refractivity contribution in [2.75, 3.05) is 10.6 Å². The van der Waals surface area contributed by atoms with Crippen LogP contribution in [0.4, 0.5) is 17.5 Å². The smallest absolute Gasteiger partial charge is 0.268 e. The Balaban J connectivity index is 1.81. The van der Waals surface area contributed by atoms with Gasteiger partial charge < -0.3 is 25.3 Å². The first-order chi connectivity index (χ1) is 13.9. The second-order valence-electron chi connectivity index (χ2n) is 7.74. The van der Waals surface area contributed by atoms with Crippen molar-refractivity contribution in [1.29, 1.82) is 0 Å². The van der Waals surface area contributed by atoms with Gasteiger partial charge in [-0.2, -0.15) is 0 Å². The molecule has 0 bridgehead atoms. The Hall–Kier alpha value is -3.20. The van der Waals surface area contributed by atoms with Gasteiger partial charge in [-0.1, -0.05) is 0 Å². The molecule has 0 aliphatic heterocycles. The molecule has 2 atom stereocenters. The standard InChI is InChI=1S/C20H24N6O3/c1-12(2)26-7-5-13-9-16(23-17-11-25(29)8-6-21-17)24-19(18(13)20(26)28)22-14-3-4-15(27)10-14/h5-9,11-12,14-15,27H,3-4,10H2,1-2H3,(H2-,21,22,23,24,28,29)/p+1/t14-,15+/m0/s1. The minimum atomic E-state index is -0.334. The SMILES string of the molecule is CC(C)n1ccc2cc(Nc3c[n+](=O)cc[nH]3)nc(N[C@H]3CC[C@@H](O)C3)c2c1=O. The fraction of sp³-hybridized carbons (Fsp3) is 0.400. The van der Waals surface area contributed by atoms with Gasteiger partial charge in [0.25, 0.3) is 11.8 Å². The molecule has 3 heterocycles. The van der Waals surface area contributed by atoms with Crippen LogP contribution in [0.25, 0.3) is 10.8 Å². The van der Waals surface area contributed by atoms with E-state index in [4.69, 9.17) is 0 Å². The van der Waals surface area contributed by atoms with Crippen molar-refractivity contribution < 1.29 is 9.53 Å². The van der Waals surface area contributed by atoms with Crippen molar-refractivity contribution in [3.8, 4) is 0 Å². The zero-order chi connectivity index (χ0) is 20.5. The van der Waals surface area contributed by atoms with Crippen molar-refractivity contribution in [3.05, 3.63) is 52.2 Å². The zero-order valence-corrected chi connectivity index (χ0v) is 16.4. The number of aliphatic hydroxyl groups is 1. The summed E-state index contributed by atoms with van der Waals surface area (Å²) in [7, 11) is 0. The average Bonchev–Trinajstić information content (AvgIpc) is 3.06. The van der Waals surface area contributed by atoms with Crippen molar-refractivity contribution in [1.82, 2.24) is 14.5 Å². The van der Waals surface area contributed by atoms with Gasteiger partial charge in [0.2, 0.25) is 6.20 Å². The summed E-state index contributed by atoms with van der Waals surface area (Å²) < 4.78 is 2.36. The first-order valence-corrected chi connectivity index (χ1v) is 9.78. The maximum atomic E-state index is 13.1. The molecule has 3 aromatic heterocycles. The molecule has 0 unspecified atom stereocenters. The van der Waals surface area contributed by atoms with Crippen LogP contribution in [-0.2, 0) is 0 Å². The highest BCUT2D eigenvalue weighted by Crippen LogP contribution is 2.28. The molecular weight excluding hydrogens is 372 g/mol. The van der Waals surface area contributed by atoms with Crippen molar-refractivity contribution >= 4 is 28.2 Å². The summed E-state index contributed by atoms with van der Waals surface area (Å²) in [6, 6.07) is 3.75. The second kappa shape index (κ2) is 7.67.